The first-order valence-corrected chi connectivity index (χ1v) is 7.22. The van der Waals surface area contributed by atoms with Gasteiger partial charge in [0.05, 0.1) is 12.6 Å². The number of rotatable bonds is 4. The molecule has 2 rings (SSSR count). The summed E-state index contributed by atoms with van der Waals surface area (Å²) in [4.78, 5) is 8.31. The van der Waals surface area contributed by atoms with E-state index in [1.54, 1.807) is 24.5 Å². The zero-order valence-electron chi connectivity index (χ0n) is 11.6. The van der Waals surface area contributed by atoms with E-state index in [1.807, 2.05) is 25.1 Å². The Morgan fingerprint density at radius 3 is 2.86 bits per heavy atom. The number of hydrogen-bond donors (Lipinski definition) is 2. The van der Waals surface area contributed by atoms with Gasteiger partial charge in [-0.25, -0.2) is 4.99 Å². The van der Waals surface area contributed by atoms with Crippen molar-refractivity contribution in [3.05, 3.63) is 63.9 Å². The molecule has 6 heteroatoms. The Bertz CT molecular complexity index is 629. The summed E-state index contributed by atoms with van der Waals surface area (Å²) >= 11 is 12.1. The molecule has 2 aromatic rings. The van der Waals surface area contributed by atoms with Crippen LogP contribution in [0.5, 0.6) is 0 Å². The van der Waals surface area contributed by atoms with Crippen LogP contribution in [-0.2, 0) is 6.54 Å². The predicted octanol–water partition coefficient (Wildman–Crippen LogP) is 3.55. The highest BCUT2D eigenvalue weighted by molar-refractivity contribution is 6.35. The van der Waals surface area contributed by atoms with E-state index >= 15 is 0 Å². The Morgan fingerprint density at radius 2 is 2.19 bits per heavy atom. The second kappa shape index (κ2) is 7.29. The lowest BCUT2D eigenvalue weighted by Gasteiger charge is -2.16. The second-order valence-corrected chi connectivity index (χ2v) is 5.44. The number of aliphatic imine (C=N–C) groups is 1. The Kier molecular flexibility index (Phi) is 5.42. The van der Waals surface area contributed by atoms with E-state index in [4.69, 9.17) is 28.9 Å². The largest absolute Gasteiger partial charge is 0.370 e. The standard InChI is InChI=1S/C15H16Cl2N4/c1-10(13-5-4-12(16)7-14(13)17)21-15(18)20-9-11-3-2-6-19-8-11/h2-8,10H,9H2,1H3,(H3,18,20,21). The molecule has 0 bridgehead atoms. The summed E-state index contributed by atoms with van der Waals surface area (Å²) in [5, 5.41) is 4.31. The molecule has 0 saturated carbocycles. The second-order valence-electron chi connectivity index (χ2n) is 4.59. The number of nitrogens with one attached hydrogen (secondary N) is 1. The molecule has 0 aliphatic rings. The van der Waals surface area contributed by atoms with Gasteiger partial charge in [-0.3, -0.25) is 4.98 Å². The molecular weight excluding hydrogens is 307 g/mol. The van der Waals surface area contributed by atoms with Gasteiger partial charge in [0, 0.05) is 22.4 Å². The van der Waals surface area contributed by atoms with Gasteiger partial charge in [-0.05, 0) is 36.2 Å². The van der Waals surface area contributed by atoms with Gasteiger partial charge in [0.2, 0.25) is 0 Å². The first kappa shape index (κ1) is 15.6. The molecule has 0 radical (unpaired) electrons. The van der Waals surface area contributed by atoms with Crippen molar-refractivity contribution in [1.29, 1.82) is 0 Å². The first-order chi connectivity index (χ1) is 10.1. The average Bonchev–Trinajstić information content (AvgIpc) is 2.46. The molecule has 0 fully saturated rings. The lowest BCUT2D eigenvalue weighted by molar-refractivity contribution is 0.708. The lowest BCUT2D eigenvalue weighted by Crippen LogP contribution is -2.34. The van der Waals surface area contributed by atoms with Crippen LogP contribution in [0.15, 0.2) is 47.7 Å². The van der Waals surface area contributed by atoms with Crippen LogP contribution in [0.3, 0.4) is 0 Å². The molecule has 0 amide bonds. The molecule has 1 heterocycles. The molecule has 1 aromatic heterocycles. The van der Waals surface area contributed by atoms with E-state index < -0.39 is 0 Å². The number of nitrogens with zero attached hydrogens (tertiary/aromatic N) is 2. The minimum absolute atomic E-state index is 0.0626. The zero-order chi connectivity index (χ0) is 15.2. The van der Waals surface area contributed by atoms with E-state index in [2.05, 4.69) is 15.3 Å². The molecule has 0 aliphatic carbocycles. The fourth-order valence-corrected chi connectivity index (χ4v) is 2.44. The Labute approximate surface area is 134 Å². The molecule has 1 aromatic carbocycles. The number of aromatic nitrogens is 1. The molecule has 110 valence electrons. The SMILES string of the molecule is CC(NC(N)=NCc1cccnc1)c1ccc(Cl)cc1Cl. The molecule has 21 heavy (non-hydrogen) atoms. The van der Waals surface area contributed by atoms with Crippen molar-refractivity contribution in [2.45, 2.75) is 19.5 Å². The molecule has 0 saturated heterocycles. The zero-order valence-corrected chi connectivity index (χ0v) is 13.1. The Morgan fingerprint density at radius 1 is 1.38 bits per heavy atom. The fourth-order valence-electron chi connectivity index (χ4n) is 1.87. The molecule has 0 spiro atoms. The molecule has 1 atom stereocenters. The Hall–Kier alpha value is -1.78. The van der Waals surface area contributed by atoms with Crippen LogP contribution in [0, 0.1) is 0 Å². The smallest absolute Gasteiger partial charge is 0.189 e. The van der Waals surface area contributed by atoms with Crippen LogP contribution in [0.4, 0.5) is 0 Å². The molecular formula is C15H16Cl2N4. The topological polar surface area (TPSA) is 63.3 Å². The van der Waals surface area contributed by atoms with Gasteiger partial charge in [0.25, 0.3) is 0 Å². The predicted molar refractivity (Wildman–Crippen MR) is 87.6 cm³/mol. The number of hydrogen-bond acceptors (Lipinski definition) is 2. The summed E-state index contributed by atoms with van der Waals surface area (Å²) < 4.78 is 0. The van der Waals surface area contributed by atoms with Crippen molar-refractivity contribution < 1.29 is 0 Å². The van der Waals surface area contributed by atoms with Crippen molar-refractivity contribution in [2.75, 3.05) is 0 Å². The lowest BCUT2D eigenvalue weighted by atomic mass is 10.1. The van der Waals surface area contributed by atoms with Gasteiger partial charge in [-0.15, -0.1) is 0 Å². The van der Waals surface area contributed by atoms with Crippen LogP contribution >= 0.6 is 23.2 Å². The third-order valence-electron chi connectivity index (χ3n) is 2.95. The van der Waals surface area contributed by atoms with Gasteiger partial charge in [0.15, 0.2) is 5.96 Å². The fraction of sp³-hybridized carbons (Fsp3) is 0.200. The number of pyridine rings is 1. The number of nitrogens with two attached hydrogens (primary N) is 1. The highest BCUT2D eigenvalue weighted by atomic mass is 35.5. The van der Waals surface area contributed by atoms with E-state index in [0.29, 0.717) is 22.5 Å². The summed E-state index contributed by atoms with van der Waals surface area (Å²) in [5.74, 6) is 0.359. The maximum absolute atomic E-state index is 6.17. The van der Waals surface area contributed by atoms with E-state index in [9.17, 15) is 0 Å². The van der Waals surface area contributed by atoms with Crippen molar-refractivity contribution in [3.63, 3.8) is 0 Å². The van der Waals surface area contributed by atoms with Crippen molar-refractivity contribution >= 4 is 29.2 Å². The van der Waals surface area contributed by atoms with Crippen LogP contribution in [-0.4, -0.2) is 10.9 Å². The molecule has 1 unspecified atom stereocenters. The highest BCUT2D eigenvalue weighted by Crippen LogP contribution is 2.25. The molecule has 0 aliphatic heterocycles. The average molecular weight is 323 g/mol. The van der Waals surface area contributed by atoms with Gasteiger partial charge in [-0.2, -0.15) is 0 Å². The molecule has 3 N–H and O–H groups in total. The maximum Gasteiger partial charge on any atom is 0.189 e. The summed E-state index contributed by atoms with van der Waals surface area (Å²) in [6.07, 6.45) is 3.48. The van der Waals surface area contributed by atoms with Crippen molar-refractivity contribution in [2.24, 2.45) is 10.7 Å². The molecule has 4 nitrogen and oxygen atoms in total. The van der Waals surface area contributed by atoms with Crippen molar-refractivity contribution in [3.8, 4) is 0 Å². The van der Waals surface area contributed by atoms with Crippen molar-refractivity contribution in [1.82, 2.24) is 10.3 Å². The monoisotopic (exact) mass is 322 g/mol. The number of guanidine groups is 1. The van der Waals surface area contributed by atoms with Gasteiger partial charge < -0.3 is 11.1 Å². The summed E-state index contributed by atoms with van der Waals surface area (Å²) in [7, 11) is 0. The van der Waals surface area contributed by atoms with Crippen LogP contribution in [0.1, 0.15) is 24.1 Å². The minimum atomic E-state index is -0.0626. The van der Waals surface area contributed by atoms with E-state index in [-0.39, 0.29) is 6.04 Å². The minimum Gasteiger partial charge on any atom is -0.370 e. The third-order valence-corrected chi connectivity index (χ3v) is 3.51. The van der Waals surface area contributed by atoms with E-state index in [0.717, 1.165) is 11.1 Å². The summed E-state index contributed by atoms with van der Waals surface area (Å²) in [6.45, 7) is 2.44. The maximum atomic E-state index is 6.17. The number of halogens is 2. The van der Waals surface area contributed by atoms with Crippen LogP contribution < -0.4 is 11.1 Å². The summed E-state index contributed by atoms with van der Waals surface area (Å²) in [6, 6.07) is 9.13. The van der Waals surface area contributed by atoms with E-state index in [1.165, 1.54) is 0 Å². The third kappa shape index (κ3) is 4.62. The van der Waals surface area contributed by atoms with Crippen LogP contribution in [0.2, 0.25) is 10.0 Å². The summed E-state index contributed by atoms with van der Waals surface area (Å²) in [5.41, 5.74) is 7.81. The first-order valence-electron chi connectivity index (χ1n) is 6.46. The van der Waals surface area contributed by atoms with Crippen LogP contribution in [0.25, 0.3) is 0 Å². The van der Waals surface area contributed by atoms with Gasteiger partial charge in [0.1, 0.15) is 0 Å². The van der Waals surface area contributed by atoms with Gasteiger partial charge in [-0.1, -0.05) is 35.3 Å². The quantitative estimate of drug-likeness (QED) is 0.668. The normalized spacial score (nSPS) is 13.0. The highest BCUT2D eigenvalue weighted by Gasteiger charge is 2.10. The van der Waals surface area contributed by atoms with Gasteiger partial charge >= 0.3 is 0 Å². The Balaban J connectivity index is 1.99. The number of benzene rings is 1.